The summed E-state index contributed by atoms with van der Waals surface area (Å²) in [6, 6.07) is 4.99. The predicted molar refractivity (Wildman–Crippen MR) is 79.7 cm³/mol. The second-order valence-corrected chi connectivity index (χ2v) is 6.22. The van der Waals surface area contributed by atoms with Crippen LogP contribution in [0.2, 0.25) is 10.2 Å². The Balaban J connectivity index is 1.93. The van der Waals surface area contributed by atoms with Crippen LogP contribution in [-0.2, 0) is 11.2 Å². The van der Waals surface area contributed by atoms with Crippen LogP contribution < -0.4 is 0 Å². The number of ether oxygens (including phenoxy) is 1. The normalized spacial score (nSPS) is 23.1. The lowest BCUT2D eigenvalue weighted by Gasteiger charge is -2.25. The van der Waals surface area contributed by atoms with Crippen molar-refractivity contribution in [3.8, 4) is 17.0 Å². The molecule has 4 rings (SSSR count). The second-order valence-electron chi connectivity index (χ2n) is 5.42. The first kappa shape index (κ1) is 13.3. The fraction of sp³-hybridized carbons (Fsp3) is 0.333. The molecule has 6 heteroatoms. The van der Waals surface area contributed by atoms with Crippen LogP contribution in [0.5, 0.6) is 5.75 Å². The first-order chi connectivity index (χ1) is 10.1. The Kier molecular flexibility index (Phi) is 3.06. The molecule has 1 N–H and O–H groups in total. The Morgan fingerprint density at radius 1 is 1.19 bits per heavy atom. The third-order valence-corrected chi connectivity index (χ3v) is 4.66. The van der Waals surface area contributed by atoms with Crippen molar-refractivity contribution in [3.63, 3.8) is 0 Å². The van der Waals surface area contributed by atoms with E-state index in [4.69, 9.17) is 27.9 Å². The number of hydrogen-bond acceptors (Lipinski definition) is 4. The summed E-state index contributed by atoms with van der Waals surface area (Å²) in [4.78, 5) is 0. The average Bonchev–Trinajstić information content (AvgIpc) is 2.82. The van der Waals surface area contributed by atoms with Gasteiger partial charge < -0.3 is 9.84 Å². The summed E-state index contributed by atoms with van der Waals surface area (Å²) in [5.41, 5.74) is 3.25. The van der Waals surface area contributed by atoms with Gasteiger partial charge in [0.1, 0.15) is 11.4 Å². The van der Waals surface area contributed by atoms with Gasteiger partial charge in [0.15, 0.2) is 5.15 Å². The number of nitrogens with zero attached hydrogens (tertiary/aromatic N) is 2. The van der Waals surface area contributed by atoms with Gasteiger partial charge in [-0.2, -0.15) is 0 Å². The zero-order valence-corrected chi connectivity index (χ0v) is 12.5. The van der Waals surface area contributed by atoms with Gasteiger partial charge in [0.2, 0.25) is 0 Å². The van der Waals surface area contributed by atoms with Crippen molar-refractivity contribution in [2.75, 3.05) is 0 Å². The van der Waals surface area contributed by atoms with Gasteiger partial charge in [-0.25, -0.2) is 0 Å². The van der Waals surface area contributed by atoms with Crippen LogP contribution in [0.3, 0.4) is 0 Å². The maximum Gasteiger partial charge on any atom is 0.157 e. The van der Waals surface area contributed by atoms with Gasteiger partial charge in [-0.3, -0.25) is 0 Å². The van der Waals surface area contributed by atoms with Crippen molar-refractivity contribution in [1.29, 1.82) is 0 Å². The molecule has 0 aliphatic carbocycles. The van der Waals surface area contributed by atoms with E-state index in [1.165, 1.54) is 6.07 Å². The monoisotopic (exact) mass is 322 g/mol. The highest BCUT2D eigenvalue weighted by atomic mass is 35.5. The van der Waals surface area contributed by atoms with Crippen molar-refractivity contribution in [2.24, 2.45) is 0 Å². The lowest BCUT2D eigenvalue weighted by atomic mass is 9.95. The number of aromatic nitrogens is 2. The molecule has 2 atom stereocenters. The molecule has 4 nitrogen and oxygen atoms in total. The largest absolute Gasteiger partial charge is 0.507 e. The molecule has 1 aromatic heterocycles. The second kappa shape index (κ2) is 4.83. The summed E-state index contributed by atoms with van der Waals surface area (Å²) in [7, 11) is 0. The number of fused-ring (bicyclic) bond motifs is 4. The molecule has 3 heterocycles. The molecule has 0 unspecified atom stereocenters. The summed E-state index contributed by atoms with van der Waals surface area (Å²) in [6.07, 6.45) is 2.92. The van der Waals surface area contributed by atoms with E-state index in [-0.39, 0.29) is 18.0 Å². The van der Waals surface area contributed by atoms with Crippen LogP contribution in [0.4, 0.5) is 0 Å². The number of phenolic OH excluding ortho intramolecular Hbond substituents is 1. The molecule has 2 aliphatic heterocycles. The first-order valence-corrected chi connectivity index (χ1v) is 7.58. The van der Waals surface area contributed by atoms with E-state index >= 15 is 0 Å². The molecule has 2 bridgehead atoms. The smallest absolute Gasteiger partial charge is 0.157 e. The van der Waals surface area contributed by atoms with Gasteiger partial charge in [-0.05, 0) is 36.6 Å². The summed E-state index contributed by atoms with van der Waals surface area (Å²) in [6.45, 7) is 0. The molecule has 1 saturated heterocycles. The van der Waals surface area contributed by atoms with E-state index < -0.39 is 0 Å². The predicted octanol–water partition coefficient (Wildman–Crippen LogP) is 3.93. The Bertz CT molecular complexity index is 736. The Hall–Kier alpha value is -1.36. The number of benzene rings is 1. The van der Waals surface area contributed by atoms with E-state index in [2.05, 4.69) is 10.2 Å². The van der Waals surface area contributed by atoms with E-state index in [1.807, 2.05) is 0 Å². The highest BCUT2D eigenvalue weighted by Crippen LogP contribution is 2.46. The van der Waals surface area contributed by atoms with Crippen molar-refractivity contribution in [1.82, 2.24) is 10.2 Å². The molecule has 1 fully saturated rings. The molecule has 2 aliphatic rings. The van der Waals surface area contributed by atoms with Crippen LogP contribution in [0.1, 0.15) is 30.1 Å². The van der Waals surface area contributed by atoms with Gasteiger partial charge in [0.25, 0.3) is 0 Å². The van der Waals surface area contributed by atoms with Crippen LogP contribution in [-0.4, -0.2) is 21.4 Å². The van der Waals surface area contributed by atoms with Gasteiger partial charge in [0, 0.05) is 22.6 Å². The fourth-order valence-electron chi connectivity index (χ4n) is 3.21. The number of phenols is 1. The van der Waals surface area contributed by atoms with Gasteiger partial charge in [0.05, 0.1) is 12.2 Å². The van der Waals surface area contributed by atoms with Crippen LogP contribution >= 0.6 is 23.2 Å². The maximum atomic E-state index is 10.1. The van der Waals surface area contributed by atoms with Crippen molar-refractivity contribution in [2.45, 2.75) is 31.5 Å². The Labute approximate surface area is 131 Å². The summed E-state index contributed by atoms with van der Waals surface area (Å²) < 4.78 is 5.91. The highest BCUT2D eigenvalue weighted by Gasteiger charge is 2.38. The summed E-state index contributed by atoms with van der Waals surface area (Å²) >= 11 is 12.1. The van der Waals surface area contributed by atoms with Crippen LogP contribution in [0.15, 0.2) is 18.2 Å². The zero-order valence-electron chi connectivity index (χ0n) is 11.0. The zero-order chi connectivity index (χ0) is 14.6. The SMILES string of the molecule is Oc1cc(Cl)ccc1-c1nnc(Cl)c2c1C[C@@H]1CC[C@H]2O1. The van der Waals surface area contributed by atoms with Gasteiger partial charge >= 0.3 is 0 Å². The van der Waals surface area contributed by atoms with Gasteiger partial charge in [-0.15, -0.1) is 10.2 Å². The topological polar surface area (TPSA) is 55.2 Å². The van der Waals surface area contributed by atoms with Crippen molar-refractivity contribution >= 4 is 23.2 Å². The lowest BCUT2D eigenvalue weighted by Crippen LogP contribution is -2.20. The van der Waals surface area contributed by atoms with E-state index in [1.54, 1.807) is 12.1 Å². The minimum absolute atomic E-state index is 0.00468. The molecular weight excluding hydrogens is 311 g/mol. The minimum Gasteiger partial charge on any atom is -0.507 e. The number of halogens is 2. The molecule has 108 valence electrons. The molecule has 21 heavy (non-hydrogen) atoms. The van der Waals surface area contributed by atoms with E-state index in [9.17, 15) is 5.11 Å². The molecule has 0 radical (unpaired) electrons. The van der Waals surface area contributed by atoms with E-state index in [0.29, 0.717) is 21.4 Å². The van der Waals surface area contributed by atoms with Crippen LogP contribution in [0.25, 0.3) is 11.3 Å². The Morgan fingerprint density at radius 2 is 2.05 bits per heavy atom. The number of rotatable bonds is 1. The van der Waals surface area contributed by atoms with E-state index in [0.717, 1.165) is 30.4 Å². The molecule has 0 amide bonds. The molecule has 0 saturated carbocycles. The quantitative estimate of drug-likeness (QED) is 0.864. The first-order valence-electron chi connectivity index (χ1n) is 6.83. The summed E-state index contributed by atoms with van der Waals surface area (Å²) in [5.74, 6) is 0.0974. The third-order valence-electron chi connectivity index (χ3n) is 4.15. The third kappa shape index (κ3) is 2.09. The average molecular weight is 323 g/mol. The molecular formula is C15H12Cl2N2O2. The minimum atomic E-state index is -0.00468. The number of hydrogen-bond donors (Lipinski definition) is 1. The highest BCUT2D eigenvalue weighted by molar-refractivity contribution is 6.31. The van der Waals surface area contributed by atoms with Crippen LogP contribution in [0, 0.1) is 0 Å². The summed E-state index contributed by atoms with van der Waals surface area (Å²) in [5, 5.41) is 19.3. The van der Waals surface area contributed by atoms with Crippen molar-refractivity contribution in [3.05, 3.63) is 39.5 Å². The molecule has 1 aromatic carbocycles. The Morgan fingerprint density at radius 3 is 2.86 bits per heavy atom. The van der Waals surface area contributed by atoms with Gasteiger partial charge in [-0.1, -0.05) is 23.2 Å². The maximum absolute atomic E-state index is 10.1. The standard InChI is InChI=1S/C15H12Cl2N2O2/c16-7-1-3-9(11(20)5-7)14-10-6-8-2-4-12(21-8)13(10)15(17)19-18-14/h1,3,5,8,12,20H,2,4,6H2/t8-,12+/m0/s1. The molecule has 0 spiro atoms. The van der Waals surface area contributed by atoms with Crippen molar-refractivity contribution < 1.29 is 9.84 Å². The fourth-order valence-corrected chi connectivity index (χ4v) is 3.65. The molecule has 2 aromatic rings. The lowest BCUT2D eigenvalue weighted by molar-refractivity contribution is 0.0321. The number of aromatic hydroxyl groups is 1.